The summed E-state index contributed by atoms with van der Waals surface area (Å²) in [5.41, 5.74) is 0. The molecule has 0 aliphatic heterocycles. The number of hydrogen-bond donors (Lipinski definition) is 2. The van der Waals surface area contributed by atoms with E-state index in [1.807, 2.05) is 13.2 Å². The molecule has 0 aromatic carbocycles. The number of aromatic nitrogens is 1. The molecule has 0 spiro atoms. The monoisotopic (exact) mass is 424 g/mol. The summed E-state index contributed by atoms with van der Waals surface area (Å²) in [5, 5.41) is 7.89. The van der Waals surface area contributed by atoms with Gasteiger partial charge in [-0.05, 0) is 25.2 Å². The highest BCUT2D eigenvalue weighted by Gasteiger charge is 2.02. The van der Waals surface area contributed by atoms with Gasteiger partial charge in [0.05, 0.1) is 5.01 Å². The maximum atomic E-state index is 4.42. The molecule has 2 N–H and O–H groups in total. The molecule has 1 aromatic rings. The number of rotatable bonds is 8. The first-order valence-corrected chi connectivity index (χ1v) is 8.35. The van der Waals surface area contributed by atoms with Crippen LogP contribution in [0.15, 0.2) is 11.2 Å². The third-order valence-corrected chi connectivity index (χ3v) is 4.26. The predicted octanol–water partition coefficient (Wildman–Crippen LogP) is 3.47. The van der Waals surface area contributed by atoms with Crippen molar-refractivity contribution < 1.29 is 0 Å². The Morgan fingerprint density at radius 3 is 2.62 bits per heavy atom. The van der Waals surface area contributed by atoms with Crippen LogP contribution in [0.4, 0.5) is 0 Å². The number of nitrogens with zero attached hydrogens (tertiary/aromatic N) is 2. The third-order valence-electron chi connectivity index (χ3n) is 3.06. The highest BCUT2D eigenvalue weighted by atomic mass is 127. The van der Waals surface area contributed by atoms with Crippen molar-refractivity contribution in [2.45, 2.75) is 46.5 Å². The van der Waals surface area contributed by atoms with Gasteiger partial charge in [0.2, 0.25) is 0 Å². The van der Waals surface area contributed by atoms with Crippen LogP contribution in [0.2, 0.25) is 0 Å². The number of aryl methyl sites for hydroxylation is 1. The van der Waals surface area contributed by atoms with Crippen LogP contribution in [-0.4, -0.2) is 31.1 Å². The second-order valence-corrected chi connectivity index (χ2v) is 6.49. The molecule has 0 saturated heterocycles. The minimum Gasteiger partial charge on any atom is -0.356 e. The summed E-state index contributed by atoms with van der Waals surface area (Å²) in [7, 11) is 1.82. The first-order valence-electron chi connectivity index (χ1n) is 7.53. The summed E-state index contributed by atoms with van der Waals surface area (Å²) in [6, 6.07) is 0. The average molecular weight is 424 g/mol. The maximum absolute atomic E-state index is 4.42. The maximum Gasteiger partial charge on any atom is 0.190 e. The number of nitrogens with one attached hydrogen (secondary N) is 2. The van der Waals surface area contributed by atoms with Gasteiger partial charge < -0.3 is 10.6 Å². The van der Waals surface area contributed by atoms with Gasteiger partial charge in [-0.3, -0.25) is 4.99 Å². The largest absolute Gasteiger partial charge is 0.356 e. The first-order chi connectivity index (χ1) is 9.65. The zero-order valence-corrected chi connectivity index (χ0v) is 16.8. The summed E-state index contributed by atoms with van der Waals surface area (Å²) >= 11 is 1.81. The Hall–Kier alpha value is -0.370. The van der Waals surface area contributed by atoms with Crippen LogP contribution in [-0.2, 0) is 12.8 Å². The molecule has 21 heavy (non-hydrogen) atoms. The Kier molecular flexibility index (Phi) is 12.0. The quantitative estimate of drug-likeness (QED) is 0.291. The van der Waals surface area contributed by atoms with E-state index >= 15 is 0 Å². The Balaban J connectivity index is 0.00000400. The lowest BCUT2D eigenvalue weighted by molar-refractivity contribution is 0.549. The third kappa shape index (κ3) is 9.29. The fourth-order valence-corrected chi connectivity index (χ4v) is 2.71. The van der Waals surface area contributed by atoms with Crippen molar-refractivity contribution in [3.63, 3.8) is 0 Å². The van der Waals surface area contributed by atoms with Gasteiger partial charge in [-0.25, -0.2) is 4.98 Å². The molecule has 0 aliphatic carbocycles. The number of hydrogen-bond acceptors (Lipinski definition) is 3. The van der Waals surface area contributed by atoms with Crippen molar-refractivity contribution in [2.24, 2.45) is 10.9 Å². The van der Waals surface area contributed by atoms with Crippen LogP contribution >= 0.6 is 35.3 Å². The molecular formula is C15H29IN4S. The fourth-order valence-electron chi connectivity index (χ4n) is 1.85. The van der Waals surface area contributed by atoms with E-state index in [-0.39, 0.29) is 24.0 Å². The molecule has 0 radical (unpaired) electrons. The summed E-state index contributed by atoms with van der Waals surface area (Å²) in [6.07, 6.45) is 6.45. The first kappa shape index (κ1) is 20.6. The van der Waals surface area contributed by atoms with Crippen molar-refractivity contribution in [3.05, 3.63) is 16.1 Å². The van der Waals surface area contributed by atoms with Crippen LogP contribution in [0, 0.1) is 5.92 Å². The highest BCUT2D eigenvalue weighted by molar-refractivity contribution is 14.0. The molecule has 0 amide bonds. The lowest BCUT2D eigenvalue weighted by Crippen LogP contribution is -2.38. The second-order valence-electron chi connectivity index (χ2n) is 5.29. The SMILES string of the molecule is CCc1cnc(CCNC(=NC)NCCCC(C)C)s1.I. The topological polar surface area (TPSA) is 49.3 Å². The number of aliphatic imine (C=N–C) groups is 1. The Bertz CT molecular complexity index is 404. The van der Waals surface area contributed by atoms with E-state index in [1.165, 1.54) is 22.7 Å². The smallest absolute Gasteiger partial charge is 0.190 e. The van der Waals surface area contributed by atoms with E-state index in [9.17, 15) is 0 Å². The van der Waals surface area contributed by atoms with Gasteiger partial charge in [0, 0.05) is 37.6 Å². The summed E-state index contributed by atoms with van der Waals surface area (Å²) in [5.74, 6) is 1.66. The van der Waals surface area contributed by atoms with Gasteiger partial charge in [0.15, 0.2) is 5.96 Å². The van der Waals surface area contributed by atoms with E-state index in [4.69, 9.17) is 0 Å². The molecule has 6 heteroatoms. The van der Waals surface area contributed by atoms with Gasteiger partial charge in [0.25, 0.3) is 0 Å². The van der Waals surface area contributed by atoms with Gasteiger partial charge in [-0.2, -0.15) is 0 Å². The summed E-state index contributed by atoms with van der Waals surface area (Å²) < 4.78 is 0. The van der Waals surface area contributed by atoms with E-state index in [2.05, 4.69) is 41.4 Å². The molecular weight excluding hydrogens is 395 g/mol. The zero-order valence-electron chi connectivity index (χ0n) is 13.6. The Morgan fingerprint density at radius 2 is 2.05 bits per heavy atom. The normalized spacial score (nSPS) is 11.4. The van der Waals surface area contributed by atoms with E-state index < -0.39 is 0 Å². The minimum atomic E-state index is 0. The average Bonchev–Trinajstić information content (AvgIpc) is 2.89. The molecule has 1 aromatic heterocycles. The fraction of sp³-hybridized carbons (Fsp3) is 0.733. The van der Waals surface area contributed by atoms with Crippen LogP contribution < -0.4 is 10.6 Å². The van der Waals surface area contributed by atoms with Gasteiger partial charge in [0.1, 0.15) is 0 Å². The molecule has 0 fully saturated rings. The van der Waals surface area contributed by atoms with Crippen molar-refractivity contribution in [2.75, 3.05) is 20.1 Å². The molecule has 1 rings (SSSR count). The Morgan fingerprint density at radius 1 is 1.33 bits per heavy atom. The Labute approximate surface area is 150 Å². The van der Waals surface area contributed by atoms with Crippen molar-refractivity contribution in [3.8, 4) is 0 Å². The van der Waals surface area contributed by atoms with Crippen molar-refractivity contribution in [1.82, 2.24) is 15.6 Å². The minimum absolute atomic E-state index is 0. The van der Waals surface area contributed by atoms with E-state index in [0.717, 1.165) is 37.8 Å². The lowest BCUT2D eigenvalue weighted by atomic mass is 10.1. The number of halogens is 1. The van der Waals surface area contributed by atoms with Gasteiger partial charge in [-0.1, -0.05) is 20.8 Å². The summed E-state index contributed by atoms with van der Waals surface area (Å²) in [4.78, 5) is 10.0. The van der Waals surface area contributed by atoms with E-state index in [1.54, 1.807) is 11.3 Å². The molecule has 0 saturated carbocycles. The molecule has 1 heterocycles. The van der Waals surface area contributed by atoms with Crippen molar-refractivity contribution >= 4 is 41.3 Å². The van der Waals surface area contributed by atoms with Crippen LogP contribution in [0.3, 0.4) is 0 Å². The molecule has 0 bridgehead atoms. The lowest BCUT2D eigenvalue weighted by Gasteiger charge is -2.11. The van der Waals surface area contributed by atoms with Crippen molar-refractivity contribution in [1.29, 1.82) is 0 Å². The highest BCUT2D eigenvalue weighted by Crippen LogP contribution is 2.13. The van der Waals surface area contributed by atoms with E-state index in [0.29, 0.717) is 0 Å². The van der Waals surface area contributed by atoms with Crippen LogP contribution in [0.5, 0.6) is 0 Å². The van der Waals surface area contributed by atoms with Crippen LogP contribution in [0.1, 0.15) is 43.5 Å². The summed E-state index contributed by atoms with van der Waals surface area (Å²) in [6.45, 7) is 8.53. The standard InChI is InChI=1S/C15H28N4S.HI/c1-5-13-11-19-14(20-13)8-10-18-15(16-4)17-9-6-7-12(2)3;/h11-12H,5-10H2,1-4H3,(H2,16,17,18);1H. The molecule has 0 atom stereocenters. The van der Waals surface area contributed by atoms with Gasteiger partial charge in [-0.15, -0.1) is 35.3 Å². The van der Waals surface area contributed by atoms with Crippen LogP contribution in [0.25, 0.3) is 0 Å². The van der Waals surface area contributed by atoms with Gasteiger partial charge >= 0.3 is 0 Å². The predicted molar refractivity (Wildman–Crippen MR) is 104 cm³/mol. The molecule has 0 unspecified atom stereocenters. The molecule has 122 valence electrons. The molecule has 4 nitrogen and oxygen atoms in total. The second kappa shape index (κ2) is 12.2. The number of guanidine groups is 1. The zero-order chi connectivity index (χ0) is 14.8. The number of thiazole rings is 1. The molecule has 0 aliphatic rings.